The molecule has 0 atom stereocenters. The van der Waals surface area contributed by atoms with Gasteiger partial charge in [-0.25, -0.2) is 0 Å². The summed E-state index contributed by atoms with van der Waals surface area (Å²) >= 11 is 0. The Balaban J connectivity index is -0.000000109. The van der Waals surface area contributed by atoms with Crippen LogP contribution in [0.3, 0.4) is 0 Å². The van der Waals surface area contributed by atoms with Crippen LogP contribution < -0.4 is 0 Å². The van der Waals surface area contributed by atoms with Crippen molar-refractivity contribution in [3.8, 4) is 0 Å². The van der Waals surface area contributed by atoms with Gasteiger partial charge in [0.25, 0.3) is 0 Å². The number of carbonyl (C=O) groups excluding carboxylic acids is 1. The SMILES string of the molecule is [CH2-]C.[CH2-]CC(=O)CC.[Y]. The van der Waals surface area contributed by atoms with E-state index in [-0.39, 0.29) is 38.5 Å². The molecule has 0 aliphatic heterocycles. The first-order valence-corrected chi connectivity index (χ1v) is 2.83. The topological polar surface area (TPSA) is 17.1 Å². The maximum Gasteiger partial charge on any atom is 0.103 e. The van der Waals surface area contributed by atoms with Crippen LogP contribution in [0.25, 0.3) is 0 Å². The molecule has 0 amide bonds. The molecule has 53 valence electrons. The van der Waals surface area contributed by atoms with Gasteiger partial charge in [0.1, 0.15) is 5.78 Å². The number of hydrogen-bond donors (Lipinski definition) is 0. The molecule has 0 saturated heterocycles. The van der Waals surface area contributed by atoms with E-state index >= 15 is 0 Å². The van der Waals surface area contributed by atoms with Gasteiger partial charge in [0.05, 0.1) is 0 Å². The summed E-state index contributed by atoms with van der Waals surface area (Å²) in [6.07, 6.45) is 1.07. The minimum atomic E-state index is 0. The number of rotatable bonds is 2. The molecule has 0 aromatic rings. The molecule has 0 saturated carbocycles. The maximum atomic E-state index is 10.1. The second-order valence-electron chi connectivity index (χ2n) is 1.14. The van der Waals surface area contributed by atoms with Gasteiger partial charge in [-0.15, -0.1) is 6.42 Å². The van der Waals surface area contributed by atoms with E-state index in [0.29, 0.717) is 12.8 Å². The van der Waals surface area contributed by atoms with Crippen molar-refractivity contribution in [3.63, 3.8) is 0 Å². The standard InChI is InChI=1S/C5H9O.C2H5.Y/c1-3-5(6)4-2;1-2;/h1,3-4H2,2H3;1H2,2H3;/q2*-1;. The molecule has 1 nitrogen and oxygen atoms in total. The summed E-state index contributed by atoms with van der Waals surface area (Å²) in [6.45, 7) is 10.2. The van der Waals surface area contributed by atoms with Crippen molar-refractivity contribution in [2.24, 2.45) is 0 Å². The first-order chi connectivity index (χ1) is 3.81. The molecule has 0 N–H and O–H groups in total. The molecule has 2 heteroatoms. The molecular weight excluding hydrogens is 189 g/mol. The smallest absolute Gasteiger partial charge is 0.103 e. The summed E-state index contributed by atoms with van der Waals surface area (Å²) in [4.78, 5) is 10.1. The third-order valence-corrected chi connectivity index (χ3v) is 0.673. The van der Waals surface area contributed by atoms with E-state index in [9.17, 15) is 4.79 Å². The van der Waals surface area contributed by atoms with E-state index in [1.807, 2.05) is 6.92 Å². The van der Waals surface area contributed by atoms with E-state index in [4.69, 9.17) is 0 Å². The molecule has 0 spiro atoms. The fourth-order valence-electron chi connectivity index (χ4n) is 0.177. The van der Waals surface area contributed by atoms with Crippen LogP contribution in [-0.2, 0) is 37.5 Å². The zero-order chi connectivity index (χ0) is 6.99. The van der Waals surface area contributed by atoms with Crippen LogP contribution in [0, 0.1) is 13.8 Å². The number of ketones is 1. The minimum absolute atomic E-state index is 0. The molecular formula is C7H14OY-2. The second kappa shape index (κ2) is 15.9. The first-order valence-electron chi connectivity index (χ1n) is 2.83. The van der Waals surface area contributed by atoms with Gasteiger partial charge in [0.15, 0.2) is 0 Å². The summed E-state index contributed by atoms with van der Waals surface area (Å²) < 4.78 is 0. The monoisotopic (exact) mass is 203 g/mol. The Bertz CT molecular complexity index is 46.9. The van der Waals surface area contributed by atoms with E-state index in [1.54, 1.807) is 6.92 Å². The average Bonchev–Trinajstić information content (AvgIpc) is 1.91. The van der Waals surface area contributed by atoms with Gasteiger partial charge in [-0.1, -0.05) is 6.92 Å². The average molecular weight is 203 g/mol. The van der Waals surface area contributed by atoms with Gasteiger partial charge in [0, 0.05) is 39.1 Å². The van der Waals surface area contributed by atoms with Crippen LogP contribution in [0.4, 0.5) is 0 Å². The Morgan fingerprint density at radius 1 is 1.44 bits per heavy atom. The number of Topliss-reactive ketones (excluding diaryl/α,β-unsaturated/α-hetero) is 1. The zero-order valence-corrected chi connectivity index (χ0v) is 9.15. The molecule has 0 aromatic heterocycles. The normalized spacial score (nSPS) is 6.22. The fourth-order valence-corrected chi connectivity index (χ4v) is 0.177. The van der Waals surface area contributed by atoms with Gasteiger partial charge in [-0.2, -0.15) is 6.92 Å². The van der Waals surface area contributed by atoms with Crippen molar-refractivity contribution in [2.75, 3.05) is 0 Å². The third-order valence-electron chi connectivity index (χ3n) is 0.673. The van der Waals surface area contributed by atoms with E-state index in [0.717, 1.165) is 0 Å². The summed E-state index contributed by atoms with van der Waals surface area (Å²) in [6, 6.07) is 0. The predicted octanol–water partition coefficient (Wildman–Crippen LogP) is 2.03. The Morgan fingerprint density at radius 2 is 1.78 bits per heavy atom. The molecule has 0 heterocycles. The molecule has 0 aromatic carbocycles. The molecule has 9 heavy (non-hydrogen) atoms. The van der Waals surface area contributed by atoms with Crippen LogP contribution in [0.1, 0.15) is 26.7 Å². The number of hydrogen-bond acceptors (Lipinski definition) is 1. The van der Waals surface area contributed by atoms with Crippen LogP contribution >= 0.6 is 0 Å². The summed E-state index contributed by atoms with van der Waals surface area (Å²) in [5.74, 6) is 0.231. The van der Waals surface area contributed by atoms with E-state index < -0.39 is 0 Å². The van der Waals surface area contributed by atoms with Crippen molar-refractivity contribution in [1.29, 1.82) is 0 Å². The van der Waals surface area contributed by atoms with Crippen molar-refractivity contribution >= 4 is 5.78 Å². The van der Waals surface area contributed by atoms with Crippen molar-refractivity contribution < 1.29 is 37.5 Å². The van der Waals surface area contributed by atoms with Crippen molar-refractivity contribution in [1.82, 2.24) is 0 Å². The van der Waals surface area contributed by atoms with Gasteiger partial charge >= 0.3 is 0 Å². The molecule has 0 rings (SSSR count). The Labute approximate surface area is 83.5 Å². The van der Waals surface area contributed by atoms with Gasteiger partial charge in [-0.05, 0) is 0 Å². The van der Waals surface area contributed by atoms with E-state index in [1.165, 1.54) is 0 Å². The molecule has 0 aliphatic rings. The third kappa shape index (κ3) is 17.7. The summed E-state index contributed by atoms with van der Waals surface area (Å²) in [7, 11) is 0. The summed E-state index contributed by atoms with van der Waals surface area (Å²) in [5.41, 5.74) is 0. The van der Waals surface area contributed by atoms with E-state index in [2.05, 4.69) is 13.8 Å². The predicted molar refractivity (Wildman–Crippen MR) is 36.3 cm³/mol. The molecule has 0 fully saturated rings. The van der Waals surface area contributed by atoms with Gasteiger partial charge in [0.2, 0.25) is 0 Å². The molecule has 0 aliphatic carbocycles. The second-order valence-corrected chi connectivity index (χ2v) is 1.14. The van der Waals surface area contributed by atoms with Crippen molar-refractivity contribution in [2.45, 2.75) is 26.7 Å². The first kappa shape index (κ1) is 16.4. The largest absolute Gasteiger partial charge is 0.346 e. The van der Waals surface area contributed by atoms with Gasteiger partial charge < -0.3 is 18.6 Å². The summed E-state index contributed by atoms with van der Waals surface area (Å²) in [5, 5.41) is 0. The maximum absolute atomic E-state index is 10.1. The molecule has 0 unspecified atom stereocenters. The Morgan fingerprint density at radius 3 is 1.78 bits per heavy atom. The fraction of sp³-hybridized carbons (Fsp3) is 0.571. The number of carbonyl (C=O) groups is 1. The molecule has 1 radical (unpaired) electrons. The Kier molecular flexibility index (Phi) is 29.0. The van der Waals surface area contributed by atoms with Crippen molar-refractivity contribution in [3.05, 3.63) is 13.8 Å². The molecule has 0 bridgehead atoms. The van der Waals surface area contributed by atoms with Crippen LogP contribution in [-0.4, -0.2) is 5.78 Å². The zero-order valence-electron chi connectivity index (χ0n) is 6.31. The quantitative estimate of drug-likeness (QED) is 0.627. The van der Waals surface area contributed by atoms with Crippen LogP contribution in [0.2, 0.25) is 0 Å². The van der Waals surface area contributed by atoms with Crippen LogP contribution in [0.5, 0.6) is 0 Å². The minimum Gasteiger partial charge on any atom is -0.346 e. The van der Waals surface area contributed by atoms with Gasteiger partial charge in [-0.3, -0.25) is 0 Å². The Hall–Kier alpha value is 0.774. The van der Waals surface area contributed by atoms with Crippen LogP contribution in [0.15, 0.2) is 0 Å².